The van der Waals surface area contributed by atoms with Gasteiger partial charge in [-0.3, -0.25) is 57.6 Å². The van der Waals surface area contributed by atoms with Crippen LogP contribution in [0.2, 0.25) is 0 Å². The van der Waals surface area contributed by atoms with Gasteiger partial charge in [-0.25, -0.2) is 4.79 Å². The summed E-state index contributed by atoms with van der Waals surface area (Å²) in [7, 11) is 8.45. The minimum absolute atomic E-state index is 0.0452. The first-order valence-electron chi connectivity index (χ1n) is 36.7. The van der Waals surface area contributed by atoms with E-state index < -0.39 is 168 Å². The molecule has 29 nitrogen and oxygen atoms in total. The average Bonchev–Trinajstić information content (AvgIpc) is 0.824. The van der Waals surface area contributed by atoms with Crippen LogP contribution in [0, 0.1) is 35.5 Å². The van der Waals surface area contributed by atoms with E-state index >= 15 is 28.8 Å². The van der Waals surface area contributed by atoms with Crippen LogP contribution in [0.3, 0.4) is 0 Å². The van der Waals surface area contributed by atoms with E-state index in [0.717, 1.165) is 35.9 Å². The van der Waals surface area contributed by atoms with E-state index in [1.807, 2.05) is 41.5 Å². The van der Waals surface area contributed by atoms with Crippen molar-refractivity contribution in [2.75, 3.05) is 95.0 Å². The zero-order chi connectivity index (χ0) is 77.0. The molecule has 0 aromatic rings. The van der Waals surface area contributed by atoms with Gasteiger partial charge in [0, 0.05) is 62.0 Å². The molecular weight excluding hydrogens is 1300 g/mol. The number of morpholine rings is 1. The lowest BCUT2D eigenvalue weighted by atomic mass is 9.91. The standard InChI is InChI=1S/C72H130N12O17/c1-24-52-68(93)78(18)50(16)67(92)83(23)59(51(17)100-35-30-28-32-84-33-37-98-38-34-84)65(90)76-56(45(9)10)71(96)79(19)53(39-42(3)4)62(87)73-48(14)61(86)74-49(15)66(91)80(20)54(40-43(5)6)69(94)81(21)55(41-44(7)8)70(95)82(22)58(46(11)12)64(89)77-57(63(88)75-52)60(85)47(13)31-27-26-29-36-101-72(97)99-25-2/h42-60,85H,24-41H2,1-23H3,(H,73,87)(H,74,86)(H,75,88)(H,76,90)(H,77,89)/t47-,48+,49-,50-,51-,52+,53+,54+,55+,56+,57+,58+,59+,60-/m1/s1. The second-order valence-corrected chi connectivity index (χ2v) is 29.7. The Morgan fingerprint density at radius 1 is 0.485 bits per heavy atom. The maximum absolute atomic E-state index is 15.2. The van der Waals surface area contributed by atoms with Gasteiger partial charge in [-0.15, -0.1) is 0 Å². The van der Waals surface area contributed by atoms with Crippen LogP contribution in [0.5, 0.6) is 0 Å². The predicted molar refractivity (Wildman–Crippen MR) is 383 cm³/mol. The first-order chi connectivity index (χ1) is 47.2. The Hall–Kier alpha value is -6.72. The normalized spacial score (nSPS) is 26.3. The van der Waals surface area contributed by atoms with Crippen molar-refractivity contribution < 1.29 is 81.6 Å². The van der Waals surface area contributed by atoms with Crippen LogP contribution in [0.4, 0.5) is 4.79 Å². The molecule has 2 heterocycles. The third kappa shape index (κ3) is 27.8. The fraction of sp³-hybridized carbons (Fsp3) is 0.833. The Morgan fingerprint density at radius 2 is 0.980 bits per heavy atom. The van der Waals surface area contributed by atoms with Gasteiger partial charge in [0.1, 0.15) is 66.5 Å². The summed E-state index contributed by atoms with van der Waals surface area (Å²) in [5.74, 6) is -10.6. The van der Waals surface area contributed by atoms with E-state index in [4.69, 9.17) is 18.9 Å². The number of hydrogen-bond acceptors (Lipinski definition) is 18. The molecule has 2 aliphatic rings. The number of nitrogens with one attached hydrogen (secondary N) is 5. The third-order valence-electron chi connectivity index (χ3n) is 19.2. The zero-order valence-corrected chi connectivity index (χ0v) is 65.3. The molecule has 29 heteroatoms. The highest BCUT2D eigenvalue weighted by Gasteiger charge is 2.45. The lowest BCUT2D eigenvalue weighted by Crippen LogP contribution is -2.64. The third-order valence-corrected chi connectivity index (χ3v) is 19.2. The van der Waals surface area contributed by atoms with Crippen LogP contribution in [-0.2, 0) is 71.7 Å². The molecule has 6 N–H and O–H groups in total. The number of ether oxygens (including phenoxy) is 4. The first kappa shape index (κ1) is 90.4. The van der Waals surface area contributed by atoms with Gasteiger partial charge >= 0.3 is 6.16 Å². The summed E-state index contributed by atoms with van der Waals surface area (Å²) in [6.45, 7) is 32.9. The number of rotatable bonds is 25. The van der Waals surface area contributed by atoms with Crippen LogP contribution in [0.1, 0.15) is 182 Å². The SMILES string of the molecule is CCOC(=O)OCCCCC[C@@H](C)[C@@H](O)[C@@H]1NC(=O)[C@H](C(C)C)N(C)C(=O)[C@H](CC(C)C)N(C)C(=O)[C@H](CC(C)C)N(C)C(=O)[C@@H](C)NC(=O)[C@H](C)NC(=O)[C@H](CC(C)C)N(C)C(=O)[C@H](C(C)C)NC(=O)[C@H]([C@@H](C)OCCCCN2CCOCC2)N(C)C(=O)[C@@H](C)N(C)C(=O)[C@H](CC)NC1=O. The summed E-state index contributed by atoms with van der Waals surface area (Å²) in [5, 5.41) is 26.1. The van der Waals surface area contributed by atoms with Crippen molar-refractivity contribution >= 4 is 71.1 Å². The van der Waals surface area contributed by atoms with Crippen molar-refractivity contribution in [2.24, 2.45) is 35.5 Å². The zero-order valence-electron chi connectivity index (χ0n) is 65.3. The Bertz CT molecular complexity index is 2700. The second kappa shape index (κ2) is 44.1. The second-order valence-electron chi connectivity index (χ2n) is 29.7. The first-order valence-corrected chi connectivity index (χ1v) is 36.7. The molecule has 0 saturated carbocycles. The topological polar surface area (TPSA) is 345 Å². The Kier molecular flexibility index (Phi) is 39.4. The van der Waals surface area contributed by atoms with Gasteiger partial charge in [0.2, 0.25) is 65.0 Å². The van der Waals surface area contributed by atoms with Crippen molar-refractivity contribution in [3.63, 3.8) is 0 Å². The summed E-state index contributed by atoms with van der Waals surface area (Å²) in [4.78, 5) is 185. The molecule has 101 heavy (non-hydrogen) atoms. The molecule has 14 atom stereocenters. The smallest absolute Gasteiger partial charge is 0.435 e. The molecule has 2 rings (SSSR count). The highest BCUT2D eigenvalue weighted by atomic mass is 16.7. The van der Waals surface area contributed by atoms with Crippen LogP contribution in [0.15, 0.2) is 0 Å². The number of unbranched alkanes of at least 4 members (excludes halogenated alkanes) is 3. The van der Waals surface area contributed by atoms with E-state index in [0.29, 0.717) is 45.3 Å². The van der Waals surface area contributed by atoms with Crippen LogP contribution in [0.25, 0.3) is 0 Å². The average molecular weight is 1440 g/mol. The molecule has 0 aromatic heterocycles. The number of hydrogen-bond donors (Lipinski definition) is 6. The van der Waals surface area contributed by atoms with Crippen molar-refractivity contribution in [1.29, 1.82) is 0 Å². The van der Waals surface area contributed by atoms with E-state index in [2.05, 4.69) is 31.5 Å². The largest absolute Gasteiger partial charge is 0.508 e. The molecule has 0 spiro atoms. The maximum atomic E-state index is 15.2. The molecule has 580 valence electrons. The molecule has 2 fully saturated rings. The fourth-order valence-corrected chi connectivity index (χ4v) is 12.7. The van der Waals surface area contributed by atoms with E-state index in [9.17, 15) is 33.9 Å². The van der Waals surface area contributed by atoms with Crippen molar-refractivity contribution in [3.8, 4) is 0 Å². The van der Waals surface area contributed by atoms with E-state index in [-0.39, 0.29) is 63.3 Å². The Morgan fingerprint density at radius 3 is 1.51 bits per heavy atom. The van der Waals surface area contributed by atoms with Crippen LogP contribution in [-0.4, -0.2) is 284 Å². The number of amides is 11. The summed E-state index contributed by atoms with van der Waals surface area (Å²) < 4.78 is 21.8. The summed E-state index contributed by atoms with van der Waals surface area (Å²) in [5.41, 5.74) is 0. The van der Waals surface area contributed by atoms with Gasteiger partial charge in [-0.1, -0.05) is 95.9 Å². The number of nitrogens with zero attached hydrogens (tertiary/aromatic N) is 7. The number of aliphatic hydroxyl groups is 1. The fourth-order valence-electron chi connectivity index (χ4n) is 12.7. The predicted octanol–water partition coefficient (Wildman–Crippen LogP) is 3.55. The van der Waals surface area contributed by atoms with E-state index in [1.54, 1.807) is 55.4 Å². The molecule has 0 aliphatic carbocycles. The molecule has 0 radical (unpaired) electrons. The lowest BCUT2D eigenvalue weighted by Gasteiger charge is -2.40. The number of aliphatic hydroxyl groups excluding tert-OH is 1. The van der Waals surface area contributed by atoms with Crippen LogP contribution >= 0.6 is 0 Å². The van der Waals surface area contributed by atoms with Gasteiger partial charge in [0.05, 0.1) is 38.6 Å². The minimum Gasteiger partial charge on any atom is -0.435 e. The molecule has 11 amide bonds. The van der Waals surface area contributed by atoms with Crippen molar-refractivity contribution in [1.82, 2.24) is 60.9 Å². The van der Waals surface area contributed by atoms with Gasteiger partial charge < -0.3 is 80.0 Å². The minimum atomic E-state index is -1.75. The number of likely N-dealkylation sites (N-methyl/N-ethyl adjacent to an activating group) is 6. The highest BCUT2D eigenvalue weighted by Crippen LogP contribution is 2.25. The quantitative estimate of drug-likeness (QED) is 0.0562. The molecule has 0 unspecified atom stereocenters. The number of carbonyl (C=O) groups excluding carboxylic acids is 12. The summed E-state index contributed by atoms with van der Waals surface area (Å²) >= 11 is 0. The Labute approximate surface area is 602 Å². The summed E-state index contributed by atoms with van der Waals surface area (Å²) in [6, 6.07) is -14.6. The van der Waals surface area contributed by atoms with Crippen LogP contribution < -0.4 is 26.6 Å². The number of carbonyl (C=O) groups is 12. The maximum Gasteiger partial charge on any atom is 0.508 e. The van der Waals surface area contributed by atoms with Gasteiger partial charge in [-0.2, -0.15) is 0 Å². The molecule has 2 saturated heterocycles. The van der Waals surface area contributed by atoms with E-state index in [1.165, 1.54) is 82.7 Å². The monoisotopic (exact) mass is 1430 g/mol. The molecule has 2 aliphatic heterocycles. The lowest BCUT2D eigenvalue weighted by molar-refractivity contribution is -0.154. The van der Waals surface area contributed by atoms with Gasteiger partial charge in [0.25, 0.3) is 0 Å². The molecule has 0 bridgehead atoms. The van der Waals surface area contributed by atoms with Crippen molar-refractivity contribution in [2.45, 2.75) is 261 Å². The van der Waals surface area contributed by atoms with Crippen molar-refractivity contribution in [3.05, 3.63) is 0 Å². The molecular formula is C72H130N12O17. The van der Waals surface area contributed by atoms with Gasteiger partial charge in [0.15, 0.2) is 0 Å². The Balaban J connectivity index is 2.97. The highest BCUT2D eigenvalue weighted by molar-refractivity contribution is 6.00. The summed E-state index contributed by atoms with van der Waals surface area (Å²) in [6.07, 6.45) is 0.0916. The van der Waals surface area contributed by atoms with Gasteiger partial charge in [-0.05, 0) is 128 Å². The molecule has 0 aromatic carbocycles.